The van der Waals surface area contributed by atoms with Crippen LogP contribution in [0.25, 0.3) is 0 Å². The monoisotopic (exact) mass is 202 g/mol. The van der Waals surface area contributed by atoms with Crippen molar-refractivity contribution in [1.29, 1.82) is 0 Å². The summed E-state index contributed by atoms with van der Waals surface area (Å²) in [6.07, 6.45) is 0. The molecule has 0 atom stereocenters. The molecule has 0 aliphatic carbocycles. The van der Waals surface area contributed by atoms with Crippen molar-refractivity contribution in [3.8, 4) is 0 Å². The van der Waals surface area contributed by atoms with Gasteiger partial charge in [-0.25, -0.2) is 0 Å². The standard InChI is InChI=1S/Al.Ca.Fe.Mg.Ti.7H. The second-order valence-corrected chi connectivity index (χ2v) is 0. The molecule has 5 heavy (non-hydrogen) atoms. The molecule has 0 unspecified atom stereocenters. The number of hydrogen-bond donors (Lipinski definition) is 0. The minimum Gasteiger partial charge on any atom is 0 e. The van der Waals surface area contributed by atoms with Crippen molar-refractivity contribution >= 4 is 78.2 Å². The third-order valence-electron chi connectivity index (χ3n) is 0. The minimum absolute atomic E-state index is 0. The molecule has 0 aromatic heterocycles. The Morgan fingerprint density at radius 1 is 1.00 bits per heavy atom. The molecule has 0 aliphatic rings. The minimum atomic E-state index is 0. The third-order valence-corrected chi connectivity index (χ3v) is 0. The van der Waals surface area contributed by atoms with Gasteiger partial charge in [-0.15, -0.1) is 0 Å². The Hall–Kier alpha value is 3.79. The van der Waals surface area contributed by atoms with E-state index in [9.17, 15) is 0 Å². The second-order valence-electron chi connectivity index (χ2n) is 0. The predicted molar refractivity (Wildman–Crippen MR) is 27.0 cm³/mol. The van der Waals surface area contributed by atoms with E-state index in [0.29, 0.717) is 0 Å². The normalized spacial score (nSPS) is 0. The quantitative estimate of drug-likeness (QED) is 0.367. The van der Waals surface area contributed by atoms with Crippen LogP contribution >= 0.6 is 0 Å². The summed E-state index contributed by atoms with van der Waals surface area (Å²) in [7, 11) is 0. The van der Waals surface area contributed by atoms with Crippen LogP contribution in [0.5, 0.6) is 0 Å². The van der Waals surface area contributed by atoms with Crippen molar-refractivity contribution in [3.63, 3.8) is 0 Å². The van der Waals surface area contributed by atoms with E-state index < -0.39 is 0 Å². The van der Waals surface area contributed by atoms with Crippen LogP contribution in [-0.4, -0.2) is 78.2 Å². The van der Waals surface area contributed by atoms with Gasteiger partial charge in [0, 0.05) is 38.8 Å². The molecule has 0 heterocycles. The average molecular weight is 202 g/mol. The van der Waals surface area contributed by atoms with Gasteiger partial charge in [0.25, 0.3) is 0 Å². The van der Waals surface area contributed by atoms with Crippen molar-refractivity contribution in [2.45, 2.75) is 0 Å². The van der Waals surface area contributed by atoms with E-state index in [1.807, 2.05) is 0 Å². The SMILES string of the molecule is [AlH3].[CaH2].[Fe].[MgH2].[Ti]. The average Bonchev–Trinajstić information content (AvgIpc) is 0. The zero-order valence-corrected chi connectivity index (χ0v) is 3.52. The molecule has 0 aliphatic heterocycles. The molecule has 0 amide bonds. The number of hydrogen-bond acceptors (Lipinski definition) is 0. The molecule has 0 radical (unpaired) electrons. The zero-order valence-electron chi connectivity index (χ0n) is 0.854. The van der Waals surface area contributed by atoms with E-state index in [1.54, 1.807) is 0 Å². The van der Waals surface area contributed by atoms with Crippen LogP contribution in [0.4, 0.5) is 0 Å². The van der Waals surface area contributed by atoms with Crippen molar-refractivity contribution in [2.75, 3.05) is 0 Å². The summed E-state index contributed by atoms with van der Waals surface area (Å²) in [5, 5.41) is 0. The van der Waals surface area contributed by atoms with Crippen LogP contribution in [0.3, 0.4) is 0 Å². The van der Waals surface area contributed by atoms with Crippen molar-refractivity contribution in [3.05, 3.63) is 0 Å². The van der Waals surface area contributed by atoms with E-state index in [4.69, 9.17) is 0 Å². The Morgan fingerprint density at radius 2 is 1.00 bits per heavy atom. The first-order valence-electron chi connectivity index (χ1n) is 0. The molecular weight excluding hydrogens is 195 g/mol. The first-order chi connectivity index (χ1) is 0. The summed E-state index contributed by atoms with van der Waals surface area (Å²) in [6, 6.07) is 0. The Balaban J connectivity index is 0. The van der Waals surface area contributed by atoms with Gasteiger partial charge < -0.3 is 0 Å². The van der Waals surface area contributed by atoms with Crippen LogP contribution in [0.2, 0.25) is 0 Å². The zero-order chi connectivity index (χ0) is 0. The van der Waals surface area contributed by atoms with Gasteiger partial charge in [-0.05, 0) is 0 Å². The van der Waals surface area contributed by atoms with Crippen LogP contribution in [-0.2, 0) is 38.8 Å². The molecule has 0 aromatic carbocycles. The summed E-state index contributed by atoms with van der Waals surface area (Å²) in [6.45, 7) is 0. The molecule has 0 saturated heterocycles. The fraction of sp³-hybridized carbons (Fsp3) is 0. The molecule has 0 fully saturated rings. The van der Waals surface area contributed by atoms with E-state index >= 15 is 0 Å². The first kappa shape index (κ1) is 37.1. The maximum Gasteiger partial charge on any atom is 0.316 e. The van der Waals surface area contributed by atoms with E-state index in [1.165, 1.54) is 0 Å². The van der Waals surface area contributed by atoms with Crippen molar-refractivity contribution in [2.24, 2.45) is 0 Å². The number of rotatable bonds is 0. The maximum absolute atomic E-state index is 0. The molecule has 5 heteroatoms. The summed E-state index contributed by atoms with van der Waals surface area (Å²) >= 11 is 0. The Kier molecular flexibility index (Phi) is 186. The van der Waals surface area contributed by atoms with Gasteiger partial charge in [-0.2, -0.15) is 0 Å². The Labute approximate surface area is 114 Å². The van der Waals surface area contributed by atoms with Gasteiger partial charge >= 0.3 is 60.8 Å². The van der Waals surface area contributed by atoms with Crippen molar-refractivity contribution in [1.82, 2.24) is 0 Å². The van der Waals surface area contributed by atoms with Gasteiger partial charge in [0.1, 0.15) is 0 Å². The largest absolute Gasteiger partial charge is 0.316 e. The van der Waals surface area contributed by atoms with Crippen LogP contribution < -0.4 is 0 Å². The molecule has 0 aromatic rings. The Morgan fingerprint density at radius 3 is 1.00 bits per heavy atom. The molecule has 0 N–H and O–H groups in total. The molecule has 0 spiro atoms. The molecular formula is H7AlCaFeMgTi. The predicted octanol–water partition coefficient (Wildman–Crippen LogP) is -3.02. The van der Waals surface area contributed by atoms with Gasteiger partial charge in [-0.1, -0.05) is 0 Å². The summed E-state index contributed by atoms with van der Waals surface area (Å²) < 4.78 is 0. The smallest absolute Gasteiger partial charge is 0 e. The Bertz CT molecular complexity index is 11.6. The van der Waals surface area contributed by atoms with E-state index in [2.05, 4.69) is 0 Å². The molecule has 26 valence electrons. The fourth-order valence-corrected chi connectivity index (χ4v) is 0. The first-order valence-corrected chi connectivity index (χ1v) is 0. The van der Waals surface area contributed by atoms with Gasteiger partial charge in [0.05, 0.1) is 0 Å². The summed E-state index contributed by atoms with van der Waals surface area (Å²) in [5.74, 6) is 0. The van der Waals surface area contributed by atoms with Gasteiger partial charge in [0.15, 0.2) is 17.4 Å². The van der Waals surface area contributed by atoms with Gasteiger partial charge in [0.2, 0.25) is 0 Å². The molecule has 0 nitrogen and oxygen atoms in total. The molecule has 0 bridgehead atoms. The topological polar surface area (TPSA) is 0 Å². The van der Waals surface area contributed by atoms with Crippen LogP contribution in [0.15, 0.2) is 0 Å². The van der Waals surface area contributed by atoms with E-state index in [-0.39, 0.29) is 117 Å². The molecule has 0 rings (SSSR count). The van der Waals surface area contributed by atoms with Crippen LogP contribution in [0.1, 0.15) is 0 Å². The fourth-order valence-electron chi connectivity index (χ4n) is 0. The second kappa shape index (κ2) is 25.0. The van der Waals surface area contributed by atoms with Gasteiger partial charge in [-0.3, -0.25) is 0 Å². The maximum atomic E-state index is 0. The van der Waals surface area contributed by atoms with E-state index in [0.717, 1.165) is 0 Å². The molecule has 0 saturated carbocycles. The van der Waals surface area contributed by atoms with Crippen LogP contribution in [0, 0.1) is 0 Å². The van der Waals surface area contributed by atoms with Crippen molar-refractivity contribution < 1.29 is 38.8 Å². The summed E-state index contributed by atoms with van der Waals surface area (Å²) in [4.78, 5) is 0. The third kappa shape index (κ3) is 18.2. The summed E-state index contributed by atoms with van der Waals surface area (Å²) in [5.41, 5.74) is 0.